The molecule has 0 amide bonds. The second-order valence-electron chi connectivity index (χ2n) is 15.4. The van der Waals surface area contributed by atoms with Crippen LogP contribution in [0.3, 0.4) is 0 Å². The third-order valence-corrected chi connectivity index (χ3v) is 10.6. The van der Waals surface area contributed by atoms with Crippen LogP contribution >= 0.6 is 7.82 Å². The minimum atomic E-state index is -4.75. The SMILES string of the molecule is CCCCCCCCCCCCCCCCCCCCC(=O)OC(COC(=O)CCCCCCCCCCCCCCCCCC)COP(=O)(O)O. The van der Waals surface area contributed by atoms with E-state index in [0.29, 0.717) is 6.42 Å². The topological polar surface area (TPSA) is 119 Å². The highest BCUT2D eigenvalue weighted by molar-refractivity contribution is 7.46. The predicted molar refractivity (Wildman–Crippen MR) is 216 cm³/mol. The van der Waals surface area contributed by atoms with Crippen molar-refractivity contribution in [2.75, 3.05) is 13.2 Å². The van der Waals surface area contributed by atoms with Gasteiger partial charge in [0.25, 0.3) is 0 Å². The fraction of sp³-hybridized carbons (Fsp3) is 0.953. The quantitative estimate of drug-likeness (QED) is 0.0358. The molecule has 0 aromatic carbocycles. The maximum absolute atomic E-state index is 12.4. The average molecular weight is 761 g/mol. The lowest BCUT2D eigenvalue weighted by Gasteiger charge is -2.18. The van der Waals surface area contributed by atoms with Gasteiger partial charge in [0, 0.05) is 12.8 Å². The van der Waals surface area contributed by atoms with E-state index in [1.54, 1.807) is 0 Å². The summed E-state index contributed by atoms with van der Waals surface area (Å²) in [7, 11) is -4.75. The molecule has 0 spiro atoms. The third-order valence-electron chi connectivity index (χ3n) is 10.1. The predicted octanol–water partition coefficient (Wildman–Crippen LogP) is 13.6. The van der Waals surface area contributed by atoms with Crippen molar-refractivity contribution in [1.82, 2.24) is 0 Å². The Morgan fingerprint density at radius 3 is 0.981 bits per heavy atom. The zero-order chi connectivity index (χ0) is 38.2. The summed E-state index contributed by atoms with van der Waals surface area (Å²) in [4.78, 5) is 42.9. The van der Waals surface area contributed by atoms with Crippen molar-refractivity contribution >= 4 is 19.8 Å². The highest BCUT2D eigenvalue weighted by Gasteiger charge is 2.23. The van der Waals surface area contributed by atoms with E-state index in [9.17, 15) is 14.2 Å². The molecule has 0 aliphatic rings. The van der Waals surface area contributed by atoms with E-state index in [4.69, 9.17) is 19.3 Å². The first-order valence-corrected chi connectivity index (χ1v) is 23.9. The monoisotopic (exact) mass is 761 g/mol. The van der Waals surface area contributed by atoms with Crippen LogP contribution in [0.4, 0.5) is 0 Å². The third kappa shape index (κ3) is 41.8. The van der Waals surface area contributed by atoms with Crippen LogP contribution in [0.1, 0.15) is 245 Å². The first kappa shape index (κ1) is 51.0. The van der Waals surface area contributed by atoms with Gasteiger partial charge in [-0.15, -0.1) is 0 Å². The zero-order valence-electron chi connectivity index (χ0n) is 34.2. The van der Waals surface area contributed by atoms with Gasteiger partial charge in [-0.05, 0) is 12.8 Å². The molecule has 8 nitrogen and oxygen atoms in total. The van der Waals surface area contributed by atoms with Crippen LogP contribution in [-0.4, -0.2) is 41.0 Å². The van der Waals surface area contributed by atoms with E-state index in [1.165, 1.54) is 180 Å². The van der Waals surface area contributed by atoms with E-state index in [2.05, 4.69) is 18.4 Å². The van der Waals surface area contributed by atoms with Crippen LogP contribution in [0.15, 0.2) is 0 Å². The number of hydrogen-bond donors (Lipinski definition) is 2. The van der Waals surface area contributed by atoms with E-state index in [0.717, 1.165) is 32.1 Å². The molecule has 0 aliphatic heterocycles. The Hall–Kier alpha value is -0.950. The molecular weight excluding hydrogens is 675 g/mol. The van der Waals surface area contributed by atoms with E-state index >= 15 is 0 Å². The van der Waals surface area contributed by atoms with Gasteiger partial charge in [0.1, 0.15) is 6.61 Å². The number of phosphoric acid groups is 1. The molecule has 9 heteroatoms. The number of carbonyl (C=O) groups is 2. The highest BCUT2D eigenvalue weighted by Crippen LogP contribution is 2.36. The maximum Gasteiger partial charge on any atom is 0.469 e. The van der Waals surface area contributed by atoms with Crippen molar-refractivity contribution in [3.63, 3.8) is 0 Å². The van der Waals surface area contributed by atoms with Crippen LogP contribution in [0.25, 0.3) is 0 Å². The van der Waals surface area contributed by atoms with Gasteiger partial charge in [-0.2, -0.15) is 0 Å². The first-order chi connectivity index (χ1) is 25.3. The molecule has 310 valence electrons. The number of hydrogen-bond acceptors (Lipinski definition) is 6. The lowest BCUT2D eigenvalue weighted by molar-refractivity contribution is -0.161. The van der Waals surface area contributed by atoms with Crippen LogP contribution in [0, 0.1) is 0 Å². The fourth-order valence-corrected chi connectivity index (χ4v) is 7.15. The molecule has 1 unspecified atom stereocenters. The fourth-order valence-electron chi connectivity index (χ4n) is 6.79. The van der Waals surface area contributed by atoms with Crippen molar-refractivity contribution < 1.29 is 37.9 Å². The molecular formula is C43H85O8P. The van der Waals surface area contributed by atoms with E-state index in [1.807, 2.05) is 0 Å². The molecule has 0 rings (SSSR count). The van der Waals surface area contributed by atoms with Crippen molar-refractivity contribution in [3.05, 3.63) is 0 Å². The molecule has 0 bridgehead atoms. The van der Waals surface area contributed by atoms with Crippen molar-refractivity contribution in [3.8, 4) is 0 Å². The Morgan fingerprint density at radius 2 is 0.692 bits per heavy atom. The highest BCUT2D eigenvalue weighted by atomic mass is 31.2. The Bertz CT molecular complexity index is 817. The summed E-state index contributed by atoms with van der Waals surface area (Å²) >= 11 is 0. The molecule has 1 atom stereocenters. The summed E-state index contributed by atoms with van der Waals surface area (Å²) in [5.41, 5.74) is 0. The van der Waals surface area contributed by atoms with Gasteiger partial charge in [-0.1, -0.05) is 219 Å². The van der Waals surface area contributed by atoms with E-state index in [-0.39, 0.29) is 19.4 Å². The van der Waals surface area contributed by atoms with Crippen LogP contribution in [0.5, 0.6) is 0 Å². The van der Waals surface area contributed by atoms with Crippen LogP contribution < -0.4 is 0 Å². The summed E-state index contributed by atoms with van der Waals surface area (Å²) in [6.45, 7) is 3.73. The second-order valence-corrected chi connectivity index (χ2v) is 16.6. The summed E-state index contributed by atoms with van der Waals surface area (Å²) in [5.74, 6) is -0.865. The normalized spacial score (nSPS) is 12.3. The number of esters is 2. The molecule has 0 saturated heterocycles. The number of carbonyl (C=O) groups excluding carboxylic acids is 2. The molecule has 0 radical (unpaired) electrons. The minimum Gasteiger partial charge on any atom is -0.462 e. The minimum absolute atomic E-state index is 0.221. The number of rotatable bonds is 42. The standard InChI is InChI=1S/C43H85O8P/c1-3-5-7-9-11-13-15-17-19-21-22-24-26-28-30-32-34-36-38-43(45)51-41(40-50-52(46,47)48)39-49-42(44)37-35-33-31-29-27-25-23-20-18-16-14-12-10-8-6-4-2/h41H,3-40H2,1-2H3,(H2,46,47,48). The van der Waals surface area contributed by atoms with Crippen LogP contribution in [0.2, 0.25) is 0 Å². The molecule has 0 aromatic rings. The first-order valence-electron chi connectivity index (χ1n) is 22.3. The molecule has 52 heavy (non-hydrogen) atoms. The zero-order valence-corrected chi connectivity index (χ0v) is 35.1. The summed E-state index contributed by atoms with van der Waals surface area (Å²) in [6.07, 6.45) is 42.5. The Balaban J connectivity index is 3.83. The molecule has 0 aromatic heterocycles. The summed E-state index contributed by atoms with van der Waals surface area (Å²) in [5, 5.41) is 0. The van der Waals surface area contributed by atoms with Crippen LogP contribution in [-0.2, 0) is 28.2 Å². The number of phosphoric ester groups is 1. The van der Waals surface area contributed by atoms with Gasteiger partial charge < -0.3 is 19.3 Å². The van der Waals surface area contributed by atoms with Gasteiger partial charge in [0.05, 0.1) is 6.61 Å². The largest absolute Gasteiger partial charge is 0.469 e. The Kier molecular flexibility index (Phi) is 39.0. The molecule has 0 aliphatic carbocycles. The lowest BCUT2D eigenvalue weighted by Crippen LogP contribution is -2.29. The average Bonchev–Trinajstić information content (AvgIpc) is 3.11. The number of unbranched alkanes of at least 4 members (excludes halogenated alkanes) is 32. The van der Waals surface area contributed by atoms with Gasteiger partial charge >= 0.3 is 19.8 Å². The lowest BCUT2D eigenvalue weighted by atomic mass is 10.0. The molecule has 0 heterocycles. The number of ether oxygens (including phenoxy) is 2. The van der Waals surface area contributed by atoms with Crippen molar-refractivity contribution in [1.29, 1.82) is 0 Å². The van der Waals surface area contributed by atoms with E-state index < -0.39 is 32.5 Å². The van der Waals surface area contributed by atoms with Gasteiger partial charge in [0.15, 0.2) is 6.10 Å². The summed E-state index contributed by atoms with van der Waals surface area (Å²) in [6, 6.07) is 0. The van der Waals surface area contributed by atoms with Gasteiger partial charge in [0.2, 0.25) is 0 Å². The molecule has 2 N–H and O–H groups in total. The maximum atomic E-state index is 12.4. The molecule has 0 saturated carbocycles. The van der Waals surface area contributed by atoms with Gasteiger partial charge in [-0.25, -0.2) is 4.57 Å². The smallest absolute Gasteiger partial charge is 0.462 e. The van der Waals surface area contributed by atoms with Crippen molar-refractivity contribution in [2.45, 2.75) is 251 Å². The second kappa shape index (κ2) is 39.7. The van der Waals surface area contributed by atoms with Crippen molar-refractivity contribution in [2.24, 2.45) is 0 Å². The Labute approximate surface area is 321 Å². The van der Waals surface area contributed by atoms with Gasteiger partial charge in [-0.3, -0.25) is 14.1 Å². The summed E-state index contributed by atoms with van der Waals surface area (Å²) < 4.78 is 26.4. The molecule has 0 fully saturated rings. The Morgan fingerprint density at radius 1 is 0.423 bits per heavy atom.